The van der Waals surface area contributed by atoms with Crippen LogP contribution in [0.15, 0.2) is 47.8 Å². The van der Waals surface area contributed by atoms with Crippen LogP contribution in [0.3, 0.4) is 0 Å². The largest absolute Gasteiger partial charge is 0.486 e. The maximum atomic E-state index is 13.2. The minimum atomic E-state index is -1.32. The molecule has 3 aromatic rings. The molecule has 4 amide bonds. The quantitative estimate of drug-likeness (QED) is 0.545. The molecular weight excluding hydrogens is 456 g/mol. The van der Waals surface area contributed by atoms with Gasteiger partial charge in [-0.05, 0) is 43.7 Å². The fraction of sp³-hybridized carbons (Fsp3) is 0.250. The zero-order valence-corrected chi connectivity index (χ0v) is 19.4. The van der Waals surface area contributed by atoms with Crippen molar-refractivity contribution in [1.82, 2.24) is 15.2 Å². The zero-order valence-electron chi connectivity index (χ0n) is 18.6. The monoisotopic (exact) mass is 478 g/mol. The van der Waals surface area contributed by atoms with Crippen LogP contribution in [0.4, 0.5) is 10.5 Å². The minimum absolute atomic E-state index is 0.406. The fourth-order valence-corrected chi connectivity index (χ4v) is 4.61. The van der Waals surface area contributed by atoms with Crippen molar-refractivity contribution in [3.63, 3.8) is 0 Å². The van der Waals surface area contributed by atoms with Crippen LogP contribution in [0.25, 0.3) is 11.3 Å². The van der Waals surface area contributed by atoms with Crippen LogP contribution in [0, 0.1) is 6.92 Å². The maximum Gasteiger partial charge on any atom is 0.325 e. The molecule has 0 radical (unpaired) electrons. The smallest absolute Gasteiger partial charge is 0.325 e. The second kappa shape index (κ2) is 8.45. The number of hydrogen-bond acceptors (Lipinski definition) is 7. The third-order valence-corrected chi connectivity index (χ3v) is 6.53. The van der Waals surface area contributed by atoms with E-state index in [0.717, 1.165) is 21.2 Å². The van der Waals surface area contributed by atoms with E-state index >= 15 is 0 Å². The Morgan fingerprint density at radius 2 is 1.97 bits per heavy atom. The minimum Gasteiger partial charge on any atom is -0.486 e. The molecular formula is C24H22N4O5S. The topological polar surface area (TPSA) is 110 Å². The molecule has 0 saturated carbocycles. The van der Waals surface area contributed by atoms with Gasteiger partial charge in [-0.1, -0.05) is 18.2 Å². The highest BCUT2D eigenvalue weighted by molar-refractivity contribution is 7.09. The van der Waals surface area contributed by atoms with Crippen molar-refractivity contribution >= 4 is 34.9 Å². The summed E-state index contributed by atoms with van der Waals surface area (Å²) in [5.41, 5.74) is 1.46. The summed E-state index contributed by atoms with van der Waals surface area (Å²) in [5, 5.41) is 8.37. The molecule has 0 aliphatic carbocycles. The van der Waals surface area contributed by atoms with Gasteiger partial charge in [-0.25, -0.2) is 9.78 Å². The van der Waals surface area contributed by atoms with Gasteiger partial charge in [0, 0.05) is 16.6 Å². The highest BCUT2D eigenvalue weighted by Crippen LogP contribution is 2.36. The molecule has 0 unspecified atom stereocenters. The van der Waals surface area contributed by atoms with E-state index in [0.29, 0.717) is 36.0 Å². The number of rotatable bonds is 5. The summed E-state index contributed by atoms with van der Waals surface area (Å²) in [7, 11) is 0. The molecule has 1 atom stereocenters. The number of benzene rings is 2. The SMILES string of the molecule is Cc1nc(-c2cccc(NC(=O)CN3C(=O)N[C@](C)(c4ccc5c(c4)OCCO5)C3=O)c2)cs1. The van der Waals surface area contributed by atoms with Crippen molar-refractivity contribution in [3.05, 3.63) is 58.4 Å². The molecule has 10 heteroatoms. The molecule has 1 aromatic heterocycles. The van der Waals surface area contributed by atoms with Gasteiger partial charge < -0.3 is 20.1 Å². The van der Waals surface area contributed by atoms with Crippen LogP contribution in [0.5, 0.6) is 11.5 Å². The summed E-state index contributed by atoms with van der Waals surface area (Å²) < 4.78 is 11.1. The summed E-state index contributed by atoms with van der Waals surface area (Å²) in [6.07, 6.45) is 0. The van der Waals surface area contributed by atoms with Crippen molar-refractivity contribution in [2.75, 3.05) is 25.1 Å². The molecule has 34 heavy (non-hydrogen) atoms. The number of nitrogens with one attached hydrogen (secondary N) is 2. The van der Waals surface area contributed by atoms with Gasteiger partial charge in [-0.2, -0.15) is 0 Å². The van der Waals surface area contributed by atoms with E-state index in [1.807, 2.05) is 24.4 Å². The normalized spacial score (nSPS) is 19.2. The second-order valence-corrected chi connectivity index (χ2v) is 9.25. The molecule has 5 rings (SSSR count). The predicted octanol–water partition coefficient (Wildman–Crippen LogP) is 3.30. The average molecular weight is 479 g/mol. The van der Waals surface area contributed by atoms with E-state index in [2.05, 4.69) is 15.6 Å². The Morgan fingerprint density at radius 3 is 2.74 bits per heavy atom. The van der Waals surface area contributed by atoms with Crippen molar-refractivity contribution in [2.45, 2.75) is 19.4 Å². The highest BCUT2D eigenvalue weighted by Gasteiger charge is 2.49. The molecule has 2 aliphatic rings. The summed E-state index contributed by atoms with van der Waals surface area (Å²) >= 11 is 1.54. The van der Waals surface area contributed by atoms with Crippen molar-refractivity contribution in [1.29, 1.82) is 0 Å². The molecule has 2 aliphatic heterocycles. The van der Waals surface area contributed by atoms with Gasteiger partial charge in [0.15, 0.2) is 11.5 Å². The van der Waals surface area contributed by atoms with E-state index in [1.54, 1.807) is 48.6 Å². The lowest BCUT2D eigenvalue weighted by Gasteiger charge is -2.25. The number of urea groups is 1. The van der Waals surface area contributed by atoms with E-state index < -0.39 is 29.9 Å². The third kappa shape index (κ3) is 3.96. The van der Waals surface area contributed by atoms with Crippen LogP contribution in [0.1, 0.15) is 17.5 Å². The van der Waals surface area contributed by atoms with E-state index in [4.69, 9.17) is 9.47 Å². The van der Waals surface area contributed by atoms with Crippen LogP contribution < -0.4 is 20.1 Å². The lowest BCUT2D eigenvalue weighted by atomic mass is 9.91. The number of carbonyl (C=O) groups excluding carboxylic acids is 3. The Morgan fingerprint density at radius 1 is 1.18 bits per heavy atom. The van der Waals surface area contributed by atoms with Gasteiger partial charge in [-0.3, -0.25) is 14.5 Å². The van der Waals surface area contributed by atoms with Gasteiger partial charge in [0.1, 0.15) is 25.3 Å². The highest BCUT2D eigenvalue weighted by atomic mass is 32.1. The van der Waals surface area contributed by atoms with Crippen LogP contribution >= 0.6 is 11.3 Å². The Hall–Kier alpha value is -3.92. The number of fused-ring (bicyclic) bond motifs is 1. The van der Waals surface area contributed by atoms with Gasteiger partial charge in [-0.15, -0.1) is 11.3 Å². The Labute approximate surface area is 199 Å². The fourth-order valence-electron chi connectivity index (χ4n) is 3.99. The number of ether oxygens (including phenoxy) is 2. The third-order valence-electron chi connectivity index (χ3n) is 5.76. The number of hydrogen-bond donors (Lipinski definition) is 2. The Balaban J connectivity index is 1.30. The van der Waals surface area contributed by atoms with Crippen LogP contribution in [0.2, 0.25) is 0 Å². The summed E-state index contributed by atoms with van der Waals surface area (Å²) in [5.74, 6) is 0.0950. The van der Waals surface area contributed by atoms with E-state index in [1.165, 1.54) is 0 Å². The summed E-state index contributed by atoms with van der Waals surface area (Å²) in [6.45, 7) is 3.98. The van der Waals surface area contributed by atoms with Gasteiger partial charge in [0.05, 0.1) is 10.7 Å². The first-order valence-corrected chi connectivity index (χ1v) is 11.6. The predicted molar refractivity (Wildman–Crippen MR) is 126 cm³/mol. The van der Waals surface area contributed by atoms with Crippen molar-refractivity contribution in [3.8, 4) is 22.8 Å². The van der Waals surface area contributed by atoms with Gasteiger partial charge >= 0.3 is 6.03 Å². The first-order chi connectivity index (χ1) is 16.3. The summed E-state index contributed by atoms with van der Waals surface area (Å²) in [4.78, 5) is 44.0. The first-order valence-electron chi connectivity index (χ1n) is 10.7. The molecule has 2 N–H and O–H groups in total. The number of anilines is 1. The molecule has 2 aromatic carbocycles. The standard InChI is InChI=1S/C24H22N4O5S/c1-14-25-18(13-34-14)15-4-3-5-17(10-15)26-21(29)12-28-22(30)24(2,27-23(28)31)16-6-7-19-20(11-16)33-9-8-32-19/h3-7,10-11,13H,8-9,12H2,1-2H3,(H,26,29)(H,27,31)/t24-/m1/s1. The van der Waals surface area contributed by atoms with E-state index in [-0.39, 0.29) is 0 Å². The molecule has 1 saturated heterocycles. The van der Waals surface area contributed by atoms with Gasteiger partial charge in [0.25, 0.3) is 5.91 Å². The molecule has 0 spiro atoms. The number of amides is 4. The lowest BCUT2D eigenvalue weighted by Crippen LogP contribution is -2.42. The number of carbonyl (C=O) groups is 3. The Kier molecular flexibility index (Phi) is 5.45. The molecule has 1 fully saturated rings. The number of thiazole rings is 1. The van der Waals surface area contributed by atoms with Crippen LogP contribution in [-0.2, 0) is 15.1 Å². The number of aryl methyl sites for hydroxylation is 1. The average Bonchev–Trinajstić information content (AvgIpc) is 3.36. The first kappa shape index (κ1) is 21.9. The lowest BCUT2D eigenvalue weighted by molar-refractivity contribution is -0.133. The molecule has 9 nitrogen and oxygen atoms in total. The number of nitrogens with zero attached hydrogens (tertiary/aromatic N) is 2. The zero-order chi connectivity index (χ0) is 23.9. The van der Waals surface area contributed by atoms with E-state index in [9.17, 15) is 14.4 Å². The van der Waals surface area contributed by atoms with Crippen molar-refractivity contribution < 1.29 is 23.9 Å². The summed E-state index contributed by atoms with van der Waals surface area (Å²) in [6, 6.07) is 11.7. The second-order valence-electron chi connectivity index (χ2n) is 8.19. The number of aromatic nitrogens is 1. The molecule has 0 bridgehead atoms. The number of imide groups is 1. The van der Waals surface area contributed by atoms with Gasteiger partial charge in [0.2, 0.25) is 5.91 Å². The van der Waals surface area contributed by atoms with Crippen molar-refractivity contribution in [2.24, 2.45) is 0 Å². The Bertz CT molecular complexity index is 1310. The van der Waals surface area contributed by atoms with Crippen LogP contribution in [-0.4, -0.2) is 47.5 Å². The maximum absolute atomic E-state index is 13.2. The molecule has 3 heterocycles. The molecule has 174 valence electrons.